The lowest BCUT2D eigenvalue weighted by Gasteiger charge is -2.27. The lowest BCUT2D eigenvalue weighted by molar-refractivity contribution is 0.229. The van der Waals surface area contributed by atoms with Crippen molar-refractivity contribution in [2.24, 2.45) is 5.92 Å². The maximum absolute atomic E-state index is 9.92. The van der Waals surface area contributed by atoms with E-state index in [1.54, 1.807) is 0 Å². The van der Waals surface area contributed by atoms with Crippen LogP contribution in [0.5, 0.6) is 5.75 Å². The van der Waals surface area contributed by atoms with Gasteiger partial charge in [-0.25, -0.2) is 0 Å². The molecule has 16 heavy (non-hydrogen) atoms. The van der Waals surface area contributed by atoms with Crippen LogP contribution in [0.1, 0.15) is 37.9 Å². The van der Waals surface area contributed by atoms with Crippen LogP contribution in [0.3, 0.4) is 0 Å². The lowest BCUT2D eigenvalue weighted by Crippen LogP contribution is -2.26. The van der Waals surface area contributed by atoms with E-state index < -0.39 is 0 Å². The summed E-state index contributed by atoms with van der Waals surface area (Å²) in [6.45, 7) is 9.57. The number of nitrogens with zero attached hydrogens (tertiary/aromatic N) is 1. The standard InChI is InChI=1S/C14H23NO/c1-10(2)9-15(5)12(4)13-7-6-11(3)8-14(13)16/h6-8,10,12,16H,9H2,1-5H3. The van der Waals surface area contributed by atoms with Crippen LogP contribution in [0.4, 0.5) is 0 Å². The Morgan fingerprint density at radius 3 is 2.38 bits per heavy atom. The summed E-state index contributed by atoms with van der Waals surface area (Å²) >= 11 is 0. The highest BCUT2D eigenvalue weighted by atomic mass is 16.3. The van der Waals surface area contributed by atoms with Crippen molar-refractivity contribution in [2.75, 3.05) is 13.6 Å². The number of aromatic hydroxyl groups is 1. The molecule has 0 amide bonds. The zero-order chi connectivity index (χ0) is 12.3. The van der Waals surface area contributed by atoms with Gasteiger partial charge in [0.05, 0.1) is 0 Å². The van der Waals surface area contributed by atoms with Gasteiger partial charge in [-0.3, -0.25) is 4.90 Å². The van der Waals surface area contributed by atoms with E-state index in [1.807, 2.05) is 19.1 Å². The van der Waals surface area contributed by atoms with Crippen molar-refractivity contribution in [1.82, 2.24) is 4.90 Å². The Balaban J connectivity index is 2.83. The molecule has 1 atom stereocenters. The van der Waals surface area contributed by atoms with Crippen LogP contribution in [0.15, 0.2) is 18.2 Å². The van der Waals surface area contributed by atoms with Gasteiger partial charge in [-0.05, 0) is 38.4 Å². The van der Waals surface area contributed by atoms with Gasteiger partial charge in [0.25, 0.3) is 0 Å². The molecule has 1 rings (SSSR count). The fourth-order valence-electron chi connectivity index (χ4n) is 1.98. The summed E-state index contributed by atoms with van der Waals surface area (Å²) in [5.74, 6) is 1.04. The van der Waals surface area contributed by atoms with Crippen LogP contribution in [0.2, 0.25) is 0 Å². The van der Waals surface area contributed by atoms with E-state index in [0.29, 0.717) is 11.7 Å². The van der Waals surface area contributed by atoms with Gasteiger partial charge >= 0.3 is 0 Å². The van der Waals surface area contributed by atoms with Gasteiger partial charge in [0.15, 0.2) is 0 Å². The first kappa shape index (κ1) is 13.0. The second-order valence-electron chi connectivity index (χ2n) is 5.07. The number of aryl methyl sites for hydroxylation is 1. The van der Waals surface area contributed by atoms with Crippen molar-refractivity contribution >= 4 is 0 Å². The zero-order valence-electron chi connectivity index (χ0n) is 11.0. The van der Waals surface area contributed by atoms with Crippen molar-refractivity contribution in [1.29, 1.82) is 0 Å². The summed E-state index contributed by atoms with van der Waals surface area (Å²) in [6, 6.07) is 6.15. The molecule has 0 spiro atoms. The van der Waals surface area contributed by atoms with Crippen LogP contribution >= 0.6 is 0 Å². The molecule has 0 aliphatic heterocycles. The van der Waals surface area contributed by atoms with Crippen molar-refractivity contribution in [2.45, 2.75) is 33.7 Å². The van der Waals surface area contributed by atoms with Crippen molar-refractivity contribution in [3.05, 3.63) is 29.3 Å². The monoisotopic (exact) mass is 221 g/mol. The Morgan fingerprint density at radius 1 is 1.25 bits per heavy atom. The topological polar surface area (TPSA) is 23.5 Å². The Morgan fingerprint density at radius 2 is 1.88 bits per heavy atom. The molecule has 2 nitrogen and oxygen atoms in total. The third-order valence-electron chi connectivity index (χ3n) is 2.95. The summed E-state index contributed by atoms with van der Waals surface area (Å²) in [5.41, 5.74) is 2.11. The van der Waals surface area contributed by atoms with Gasteiger partial charge in [-0.2, -0.15) is 0 Å². The molecular weight excluding hydrogens is 198 g/mol. The normalized spacial score (nSPS) is 13.4. The minimum atomic E-state index is 0.253. The van der Waals surface area contributed by atoms with Gasteiger partial charge in [0.1, 0.15) is 5.75 Å². The van der Waals surface area contributed by atoms with Gasteiger partial charge in [0, 0.05) is 18.2 Å². The lowest BCUT2D eigenvalue weighted by atomic mass is 10.0. The molecule has 90 valence electrons. The number of hydrogen-bond acceptors (Lipinski definition) is 2. The first-order valence-electron chi connectivity index (χ1n) is 5.91. The molecule has 0 heterocycles. The fraction of sp³-hybridized carbons (Fsp3) is 0.571. The maximum Gasteiger partial charge on any atom is 0.120 e. The van der Waals surface area contributed by atoms with Crippen molar-refractivity contribution in [3.8, 4) is 5.75 Å². The second kappa shape index (κ2) is 5.35. The van der Waals surface area contributed by atoms with E-state index in [1.165, 1.54) is 0 Å². The summed E-state index contributed by atoms with van der Waals surface area (Å²) in [5, 5.41) is 9.92. The molecule has 0 radical (unpaired) electrons. The largest absolute Gasteiger partial charge is 0.508 e. The van der Waals surface area contributed by atoms with Crippen LogP contribution in [0, 0.1) is 12.8 Å². The highest BCUT2D eigenvalue weighted by Gasteiger charge is 2.15. The number of benzene rings is 1. The van der Waals surface area contributed by atoms with Gasteiger partial charge in [-0.15, -0.1) is 0 Å². The van der Waals surface area contributed by atoms with Crippen molar-refractivity contribution < 1.29 is 5.11 Å². The average Bonchev–Trinajstić information content (AvgIpc) is 2.15. The van der Waals surface area contributed by atoms with Crippen LogP contribution in [-0.2, 0) is 0 Å². The van der Waals surface area contributed by atoms with E-state index in [4.69, 9.17) is 0 Å². The average molecular weight is 221 g/mol. The highest BCUT2D eigenvalue weighted by molar-refractivity contribution is 5.37. The quantitative estimate of drug-likeness (QED) is 0.842. The molecule has 0 aromatic heterocycles. The Kier molecular flexibility index (Phi) is 4.36. The molecule has 0 saturated heterocycles. The first-order chi connectivity index (χ1) is 7.41. The van der Waals surface area contributed by atoms with Gasteiger partial charge < -0.3 is 5.11 Å². The minimum absolute atomic E-state index is 0.253. The number of hydrogen-bond donors (Lipinski definition) is 1. The summed E-state index contributed by atoms with van der Waals surface area (Å²) < 4.78 is 0. The Labute approximate surface area is 98.9 Å². The Hall–Kier alpha value is -1.02. The van der Waals surface area contributed by atoms with Crippen LogP contribution in [0.25, 0.3) is 0 Å². The molecule has 1 aromatic carbocycles. The summed E-state index contributed by atoms with van der Waals surface area (Å²) in [4.78, 5) is 2.27. The number of phenols is 1. The molecule has 0 aliphatic carbocycles. The van der Waals surface area contributed by atoms with Crippen LogP contribution < -0.4 is 0 Å². The van der Waals surface area contributed by atoms with E-state index in [-0.39, 0.29) is 6.04 Å². The van der Waals surface area contributed by atoms with Gasteiger partial charge in [0.2, 0.25) is 0 Å². The predicted molar refractivity (Wildman–Crippen MR) is 68.7 cm³/mol. The summed E-state index contributed by atoms with van der Waals surface area (Å²) in [7, 11) is 2.10. The number of phenolic OH excluding ortho intramolecular Hbond substituents is 1. The molecule has 1 aromatic rings. The van der Waals surface area contributed by atoms with E-state index in [0.717, 1.165) is 17.7 Å². The van der Waals surface area contributed by atoms with Crippen molar-refractivity contribution in [3.63, 3.8) is 0 Å². The van der Waals surface area contributed by atoms with E-state index >= 15 is 0 Å². The smallest absolute Gasteiger partial charge is 0.120 e. The zero-order valence-corrected chi connectivity index (χ0v) is 11.0. The first-order valence-corrected chi connectivity index (χ1v) is 5.91. The van der Waals surface area contributed by atoms with Gasteiger partial charge in [-0.1, -0.05) is 26.0 Å². The predicted octanol–water partition coefficient (Wildman–Crippen LogP) is 3.35. The van der Waals surface area contributed by atoms with Crippen LogP contribution in [-0.4, -0.2) is 23.6 Å². The molecule has 0 aliphatic rings. The minimum Gasteiger partial charge on any atom is -0.508 e. The molecule has 1 N–H and O–H groups in total. The summed E-state index contributed by atoms with van der Waals surface area (Å²) in [6.07, 6.45) is 0. The third-order valence-corrected chi connectivity index (χ3v) is 2.95. The van der Waals surface area contributed by atoms with E-state index in [9.17, 15) is 5.11 Å². The third kappa shape index (κ3) is 3.24. The Bertz CT molecular complexity index is 347. The molecule has 2 heteroatoms. The molecule has 0 saturated carbocycles. The fourth-order valence-corrected chi connectivity index (χ4v) is 1.98. The van der Waals surface area contributed by atoms with E-state index in [2.05, 4.69) is 38.8 Å². The molecule has 0 bridgehead atoms. The number of rotatable bonds is 4. The molecular formula is C14H23NO. The second-order valence-corrected chi connectivity index (χ2v) is 5.07. The highest BCUT2D eigenvalue weighted by Crippen LogP contribution is 2.28. The maximum atomic E-state index is 9.92. The molecule has 0 fully saturated rings. The molecule has 1 unspecified atom stereocenters. The SMILES string of the molecule is Cc1ccc(C(C)N(C)CC(C)C)c(O)c1.